The second-order valence-electron chi connectivity index (χ2n) is 2.10. The van der Waals surface area contributed by atoms with Crippen LogP contribution in [0.4, 0.5) is 4.39 Å². The summed E-state index contributed by atoms with van der Waals surface area (Å²) in [7, 11) is 0. The fraction of sp³-hybridized carbons (Fsp3) is 0. The van der Waals surface area contributed by atoms with Crippen LogP contribution in [0.5, 0.6) is 0 Å². The van der Waals surface area contributed by atoms with Gasteiger partial charge < -0.3 is 0 Å². The third-order valence-electron chi connectivity index (χ3n) is 1.30. The maximum atomic E-state index is 12.9. The zero-order valence-electron chi connectivity index (χ0n) is 6.38. The van der Waals surface area contributed by atoms with Crippen LogP contribution in [-0.2, 0) is 0 Å². The second-order valence-corrected chi connectivity index (χ2v) is 3.01. The predicted octanol–water partition coefficient (Wildman–Crippen LogP) is 1.61. The van der Waals surface area contributed by atoms with Gasteiger partial charge in [-0.25, -0.2) is 10.2 Å². The highest BCUT2D eigenvalue weighted by atomic mass is 79.9. The van der Waals surface area contributed by atoms with E-state index in [4.69, 9.17) is 5.84 Å². The maximum Gasteiger partial charge on any atom is 0.268 e. The number of nitrogen functional groups attached to an aromatic ring is 1. The molecule has 13 heavy (non-hydrogen) atoms. The summed E-state index contributed by atoms with van der Waals surface area (Å²) in [5.74, 6) is 3.60. The molecule has 0 aliphatic carbocycles. The minimum absolute atomic E-state index is 0. The van der Waals surface area contributed by atoms with Crippen molar-refractivity contribution < 1.29 is 9.18 Å². The lowest BCUT2D eigenvalue weighted by Crippen LogP contribution is -2.30. The van der Waals surface area contributed by atoms with E-state index in [1.165, 1.54) is 18.2 Å². The topological polar surface area (TPSA) is 55.1 Å². The van der Waals surface area contributed by atoms with Crippen LogP contribution in [0.1, 0.15) is 10.4 Å². The van der Waals surface area contributed by atoms with Gasteiger partial charge in [0.1, 0.15) is 5.82 Å². The molecule has 0 heterocycles. The summed E-state index contributed by atoms with van der Waals surface area (Å²) < 4.78 is 13.5. The number of hydrogen-bond donors (Lipinski definition) is 2. The molecule has 3 N–H and O–H groups in total. The Balaban J connectivity index is 0.00000144. The van der Waals surface area contributed by atoms with Crippen LogP contribution in [0.2, 0.25) is 0 Å². The smallest absolute Gasteiger partial charge is 0.268 e. The molecule has 1 amide bonds. The molecule has 0 unspecified atom stereocenters. The molecule has 0 aliphatic heterocycles. The molecule has 0 aromatic heterocycles. The van der Waals surface area contributed by atoms with Gasteiger partial charge in [0.15, 0.2) is 0 Å². The lowest BCUT2D eigenvalue weighted by molar-refractivity contribution is 0.0949. The number of nitrogens with one attached hydrogen (secondary N) is 1. The molecule has 1 aromatic rings. The molecule has 0 radical (unpaired) electrons. The normalized spacial score (nSPS) is 8.85. The van der Waals surface area contributed by atoms with Gasteiger partial charge in [-0.2, -0.15) is 0 Å². The van der Waals surface area contributed by atoms with Gasteiger partial charge in [0.05, 0.1) is 5.56 Å². The van der Waals surface area contributed by atoms with Gasteiger partial charge >= 0.3 is 0 Å². The average Bonchev–Trinajstić information content (AvgIpc) is 2.08. The zero-order chi connectivity index (χ0) is 9.14. The highest BCUT2D eigenvalue weighted by molar-refractivity contribution is 9.10. The van der Waals surface area contributed by atoms with Crippen molar-refractivity contribution in [2.24, 2.45) is 5.84 Å². The first kappa shape index (κ1) is 12.3. The molecule has 1 aromatic carbocycles. The predicted molar refractivity (Wildman–Crippen MR) is 53.0 cm³/mol. The van der Waals surface area contributed by atoms with E-state index in [0.29, 0.717) is 4.47 Å². The number of rotatable bonds is 1. The van der Waals surface area contributed by atoms with Crippen molar-refractivity contribution in [3.63, 3.8) is 0 Å². The first-order valence-electron chi connectivity index (χ1n) is 3.11. The van der Waals surface area contributed by atoms with E-state index < -0.39 is 11.7 Å². The first-order valence-corrected chi connectivity index (χ1v) is 3.90. The van der Waals surface area contributed by atoms with Crippen LogP contribution in [0.25, 0.3) is 0 Å². The summed E-state index contributed by atoms with van der Waals surface area (Å²) in [5, 5.41) is 0. The van der Waals surface area contributed by atoms with Gasteiger partial charge in [-0.1, -0.05) is 15.9 Å². The van der Waals surface area contributed by atoms with Crippen LogP contribution in [0.15, 0.2) is 22.7 Å². The molecule has 72 valence electrons. The summed E-state index contributed by atoms with van der Waals surface area (Å²) in [6.45, 7) is 0. The Bertz CT molecular complexity index is 321. The molecule has 0 spiro atoms. The average molecular weight is 270 g/mol. The van der Waals surface area contributed by atoms with E-state index in [2.05, 4.69) is 15.9 Å². The Hall–Kier alpha value is -0.650. The third kappa shape index (κ3) is 2.95. The quantitative estimate of drug-likeness (QED) is 0.462. The van der Waals surface area contributed by atoms with Crippen molar-refractivity contribution in [1.29, 1.82) is 0 Å². The fourth-order valence-electron chi connectivity index (χ4n) is 0.749. The molecule has 6 heteroatoms. The number of hydrazine groups is 1. The molecule has 3 nitrogen and oxygen atoms in total. The highest BCUT2D eigenvalue weighted by Gasteiger charge is 2.09. The number of carbonyl (C=O) groups is 1. The molecular formula is C7H7BrClFN2O. The van der Waals surface area contributed by atoms with Gasteiger partial charge in [-0.3, -0.25) is 10.2 Å². The van der Waals surface area contributed by atoms with Gasteiger partial charge in [0.2, 0.25) is 0 Å². The van der Waals surface area contributed by atoms with E-state index in [1.54, 1.807) is 0 Å². The third-order valence-corrected chi connectivity index (χ3v) is 1.80. The molecule has 0 aliphatic rings. The summed E-state index contributed by atoms with van der Waals surface area (Å²) in [6.07, 6.45) is 0. The van der Waals surface area contributed by atoms with Gasteiger partial charge in [0.25, 0.3) is 5.91 Å². The van der Waals surface area contributed by atoms with Crippen LogP contribution < -0.4 is 11.3 Å². The number of carbonyl (C=O) groups excluding carboxylic acids is 1. The van der Waals surface area contributed by atoms with Crippen molar-refractivity contribution in [3.05, 3.63) is 34.1 Å². The number of hydrogen-bond acceptors (Lipinski definition) is 2. The summed E-state index contributed by atoms with van der Waals surface area (Å²) in [5.41, 5.74) is 1.77. The van der Waals surface area contributed by atoms with Crippen molar-refractivity contribution in [2.45, 2.75) is 0 Å². The Kier molecular flexibility index (Phi) is 4.90. The Labute approximate surface area is 89.0 Å². The zero-order valence-corrected chi connectivity index (χ0v) is 8.78. The lowest BCUT2D eigenvalue weighted by atomic mass is 10.2. The monoisotopic (exact) mass is 268 g/mol. The molecule has 0 atom stereocenters. The van der Waals surface area contributed by atoms with Crippen LogP contribution in [0, 0.1) is 5.82 Å². The number of nitrogens with two attached hydrogens (primary N) is 1. The largest absolute Gasteiger partial charge is 0.290 e. The molecular weight excluding hydrogens is 262 g/mol. The molecule has 0 bridgehead atoms. The number of halogens is 3. The van der Waals surface area contributed by atoms with Crippen molar-refractivity contribution >= 4 is 34.2 Å². The maximum absolute atomic E-state index is 12.9. The van der Waals surface area contributed by atoms with Crippen LogP contribution >= 0.6 is 28.3 Å². The summed E-state index contributed by atoms with van der Waals surface area (Å²) in [4.78, 5) is 10.9. The SMILES string of the molecule is Cl.NNC(=O)c1cc(Br)ccc1F. The van der Waals surface area contributed by atoms with Gasteiger partial charge in [-0.15, -0.1) is 12.4 Å². The minimum Gasteiger partial charge on any atom is -0.290 e. The standard InChI is InChI=1S/C7H6BrFN2O.ClH/c8-4-1-2-6(9)5(3-4)7(12)11-10;/h1-3H,10H2,(H,11,12);1H. The van der Waals surface area contributed by atoms with Crippen molar-refractivity contribution in [3.8, 4) is 0 Å². The van der Waals surface area contributed by atoms with E-state index in [0.717, 1.165) is 0 Å². The molecule has 0 saturated carbocycles. The van der Waals surface area contributed by atoms with E-state index >= 15 is 0 Å². The molecule has 1 rings (SSSR count). The molecule has 0 fully saturated rings. The lowest BCUT2D eigenvalue weighted by Gasteiger charge is -2.00. The van der Waals surface area contributed by atoms with Crippen LogP contribution in [0.3, 0.4) is 0 Å². The first-order chi connectivity index (χ1) is 5.65. The number of amides is 1. The van der Waals surface area contributed by atoms with Crippen molar-refractivity contribution in [1.82, 2.24) is 5.43 Å². The van der Waals surface area contributed by atoms with Gasteiger partial charge in [0, 0.05) is 4.47 Å². The highest BCUT2D eigenvalue weighted by Crippen LogP contribution is 2.14. The van der Waals surface area contributed by atoms with Gasteiger partial charge in [-0.05, 0) is 18.2 Å². The van der Waals surface area contributed by atoms with Crippen molar-refractivity contribution in [2.75, 3.05) is 0 Å². The summed E-state index contributed by atoms with van der Waals surface area (Å²) in [6, 6.07) is 4.05. The van der Waals surface area contributed by atoms with E-state index in [-0.39, 0.29) is 18.0 Å². The Morgan fingerprint density at radius 1 is 1.54 bits per heavy atom. The van der Waals surface area contributed by atoms with E-state index in [9.17, 15) is 9.18 Å². The Morgan fingerprint density at radius 3 is 2.69 bits per heavy atom. The van der Waals surface area contributed by atoms with Crippen LogP contribution in [-0.4, -0.2) is 5.91 Å². The minimum atomic E-state index is -0.645. The Morgan fingerprint density at radius 2 is 2.15 bits per heavy atom. The summed E-state index contributed by atoms with van der Waals surface area (Å²) >= 11 is 3.11. The second kappa shape index (κ2) is 5.16. The molecule has 0 saturated heterocycles. The van der Waals surface area contributed by atoms with E-state index in [1.807, 2.05) is 5.43 Å². The number of benzene rings is 1. The fourth-order valence-corrected chi connectivity index (χ4v) is 1.11.